The number of anilines is 1. The Morgan fingerprint density at radius 3 is 2.79 bits per heavy atom. The summed E-state index contributed by atoms with van der Waals surface area (Å²) in [7, 11) is 0. The van der Waals surface area contributed by atoms with Gasteiger partial charge in [0.15, 0.2) is 5.82 Å². The largest absolute Gasteiger partial charge is 0.326 e. The Morgan fingerprint density at radius 1 is 1.29 bits per heavy atom. The van der Waals surface area contributed by atoms with Crippen LogP contribution in [0.2, 0.25) is 0 Å². The lowest BCUT2D eigenvalue weighted by molar-refractivity contribution is -0.119. The van der Waals surface area contributed by atoms with Crippen LogP contribution in [0.5, 0.6) is 0 Å². The van der Waals surface area contributed by atoms with E-state index in [1.165, 1.54) is 11.3 Å². The van der Waals surface area contributed by atoms with Gasteiger partial charge in [-0.3, -0.25) is 14.7 Å². The van der Waals surface area contributed by atoms with E-state index in [0.29, 0.717) is 41.7 Å². The average molecular weight is 396 g/mol. The summed E-state index contributed by atoms with van der Waals surface area (Å²) >= 11 is 1.39. The molecule has 4 rings (SSSR count). The van der Waals surface area contributed by atoms with Crippen molar-refractivity contribution >= 4 is 28.8 Å². The molecule has 2 aromatic heterocycles. The summed E-state index contributed by atoms with van der Waals surface area (Å²) in [4.78, 5) is 32.0. The fourth-order valence-corrected chi connectivity index (χ4v) is 3.95. The van der Waals surface area contributed by atoms with Crippen LogP contribution in [-0.4, -0.2) is 44.5 Å². The van der Waals surface area contributed by atoms with E-state index in [2.05, 4.69) is 20.5 Å². The molecule has 8 nitrogen and oxygen atoms in total. The van der Waals surface area contributed by atoms with Gasteiger partial charge in [-0.15, -0.1) is 11.3 Å². The smallest absolute Gasteiger partial charge is 0.264 e. The number of amides is 2. The van der Waals surface area contributed by atoms with Crippen molar-refractivity contribution in [2.24, 2.45) is 5.73 Å². The van der Waals surface area contributed by atoms with E-state index in [0.717, 1.165) is 12.0 Å². The lowest BCUT2D eigenvalue weighted by atomic mass is 10.1. The predicted octanol–water partition coefficient (Wildman–Crippen LogP) is 2.24. The topological polar surface area (TPSA) is 117 Å². The molecule has 1 aromatic carbocycles. The van der Waals surface area contributed by atoms with E-state index in [4.69, 9.17) is 5.73 Å². The maximum atomic E-state index is 12.8. The molecule has 9 heteroatoms. The molecule has 28 heavy (non-hydrogen) atoms. The fourth-order valence-electron chi connectivity index (χ4n) is 3.27. The second kappa shape index (κ2) is 7.91. The number of thiophene rings is 1. The first kappa shape index (κ1) is 18.3. The summed E-state index contributed by atoms with van der Waals surface area (Å²) in [5, 5.41) is 11.7. The number of hydrogen-bond donors (Lipinski definition) is 3. The monoisotopic (exact) mass is 396 g/mol. The zero-order valence-corrected chi connectivity index (χ0v) is 15.9. The van der Waals surface area contributed by atoms with Gasteiger partial charge < -0.3 is 16.0 Å². The van der Waals surface area contributed by atoms with Gasteiger partial charge in [0.25, 0.3) is 5.91 Å². The number of carbonyl (C=O) groups is 2. The summed E-state index contributed by atoms with van der Waals surface area (Å²) in [6.45, 7) is 0.894. The first-order valence-electron chi connectivity index (χ1n) is 9.03. The minimum absolute atomic E-state index is 0.0803. The third kappa shape index (κ3) is 3.67. The van der Waals surface area contributed by atoms with Crippen LogP contribution < -0.4 is 11.1 Å². The third-order valence-electron chi connectivity index (χ3n) is 4.68. The Kier molecular flexibility index (Phi) is 5.18. The van der Waals surface area contributed by atoms with E-state index in [1.807, 2.05) is 23.6 Å². The number of nitrogens with two attached hydrogens (primary N) is 1. The van der Waals surface area contributed by atoms with Crippen molar-refractivity contribution in [1.29, 1.82) is 0 Å². The summed E-state index contributed by atoms with van der Waals surface area (Å²) < 4.78 is 0. The molecule has 1 atom stereocenters. The van der Waals surface area contributed by atoms with E-state index in [1.54, 1.807) is 23.1 Å². The van der Waals surface area contributed by atoms with Crippen LogP contribution in [0.4, 0.5) is 5.69 Å². The van der Waals surface area contributed by atoms with Crippen molar-refractivity contribution in [2.75, 3.05) is 11.9 Å². The highest BCUT2D eigenvalue weighted by Gasteiger charge is 2.34. The van der Waals surface area contributed by atoms with Crippen molar-refractivity contribution in [2.45, 2.75) is 25.4 Å². The van der Waals surface area contributed by atoms with Gasteiger partial charge in [-0.2, -0.15) is 5.10 Å². The minimum Gasteiger partial charge on any atom is -0.326 e. The number of benzene rings is 1. The van der Waals surface area contributed by atoms with Gasteiger partial charge in [-0.25, -0.2) is 4.98 Å². The minimum atomic E-state index is -0.450. The van der Waals surface area contributed by atoms with Crippen LogP contribution in [-0.2, 0) is 11.3 Å². The van der Waals surface area contributed by atoms with Crippen LogP contribution in [0.25, 0.3) is 11.4 Å². The Balaban J connectivity index is 1.43. The Labute approximate surface area is 165 Å². The molecule has 144 valence electrons. The molecule has 3 aromatic rings. The summed E-state index contributed by atoms with van der Waals surface area (Å²) in [5.74, 6) is 0.924. The van der Waals surface area contributed by atoms with Gasteiger partial charge in [0, 0.05) is 17.8 Å². The van der Waals surface area contributed by atoms with Crippen molar-refractivity contribution in [3.8, 4) is 11.4 Å². The molecule has 3 heterocycles. The van der Waals surface area contributed by atoms with Gasteiger partial charge in [-0.1, -0.05) is 6.07 Å². The molecule has 1 unspecified atom stereocenters. The highest BCUT2D eigenvalue weighted by Crippen LogP contribution is 2.24. The van der Waals surface area contributed by atoms with E-state index >= 15 is 0 Å². The highest BCUT2D eigenvalue weighted by atomic mass is 32.1. The van der Waals surface area contributed by atoms with Crippen LogP contribution in [0.3, 0.4) is 0 Å². The third-order valence-corrected chi connectivity index (χ3v) is 5.54. The second-order valence-corrected chi connectivity index (χ2v) is 7.46. The molecule has 1 saturated heterocycles. The number of H-pyrrole nitrogens is 1. The molecular weight excluding hydrogens is 376 g/mol. The van der Waals surface area contributed by atoms with Gasteiger partial charge >= 0.3 is 0 Å². The van der Waals surface area contributed by atoms with Gasteiger partial charge in [0.1, 0.15) is 11.9 Å². The summed E-state index contributed by atoms with van der Waals surface area (Å²) in [6, 6.07) is 10.4. The molecule has 0 radical (unpaired) electrons. The number of nitrogens with one attached hydrogen (secondary N) is 2. The highest BCUT2D eigenvalue weighted by molar-refractivity contribution is 7.12. The molecule has 0 aliphatic carbocycles. The van der Waals surface area contributed by atoms with Crippen LogP contribution >= 0.6 is 11.3 Å². The molecule has 0 spiro atoms. The number of hydrogen-bond acceptors (Lipinski definition) is 6. The number of nitrogens with zero attached hydrogens (tertiary/aromatic N) is 3. The van der Waals surface area contributed by atoms with E-state index in [-0.39, 0.29) is 11.8 Å². The first-order valence-corrected chi connectivity index (χ1v) is 9.91. The number of aromatic nitrogens is 3. The average Bonchev–Trinajstić information content (AvgIpc) is 3.49. The zero-order chi connectivity index (χ0) is 19.5. The maximum Gasteiger partial charge on any atom is 0.264 e. The van der Waals surface area contributed by atoms with Crippen LogP contribution in [0.1, 0.15) is 28.3 Å². The predicted molar refractivity (Wildman–Crippen MR) is 107 cm³/mol. The zero-order valence-electron chi connectivity index (χ0n) is 15.1. The lowest BCUT2D eigenvalue weighted by Gasteiger charge is -2.23. The van der Waals surface area contributed by atoms with Gasteiger partial charge in [0.05, 0.1) is 11.4 Å². The van der Waals surface area contributed by atoms with E-state index in [9.17, 15) is 9.59 Å². The van der Waals surface area contributed by atoms with E-state index < -0.39 is 6.04 Å². The van der Waals surface area contributed by atoms with Crippen molar-refractivity contribution in [1.82, 2.24) is 20.1 Å². The maximum absolute atomic E-state index is 12.8. The lowest BCUT2D eigenvalue weighted by Crippen LogP contribution is -2.42. The molecule has 1 aliphatic rings. The van der Waals surface area contributed by atoms with Crippen molar-refractivity contribution < 1.29 is 9.59 Å². The number of rotatable bonds is 5. The number of likely N-dealkylation sites (tertiary alicyclic amines) is 1. The Bertz CT molecular complexity index is 967. The molecule has 0 saturated carbocycles. The van der Waals surface area contributed by atoms with Crippen molar-refractivity contribution in [3.63, 3.8) is 0 Å². The molecule has 1 fully saturated rings. The van der Waals surface area contributed by atoms with Gasteiger partial charge in [-0.05, 0) is 48.6 Å². The number of carbonyl (C=O) groups excluding carboxylic acids is 2. The molecule has 0 bridgehead atoms. The standard InChI is InChI=1S/C19H20N6O2S/c20-11-16-22-17(24-23-16)12-5-7-13(8-6-12)21-18(26)14-3-1-9-25(14)19(27)15-4-2-10-28-15/h2,4-8,10,14H,1,3,9,11,20H2,(H,21,26)(H,22,23,24). The molecular formula is C19H20N6O2S. The number of aromatic amines is 1. The molecule has 4 N–H and O–H groups in total. The summed E-state index contributed by atoms with van der Waals surface area (Å²) in [5.41, 5.74) is 7.02. The van der Waals surface area contributed by atoms with Crippen LogP contribution in [0.15, 0.2) is 41.8 Å². The molecule has 2 amide bonds. The Morgan fingerprint density at radius 2 is 2.11 bits per heavy atom. The fraction of sp³-hybridized carbons (Fsp3) is 0.263. The second-order valence-electron chi connectivity index (χ2n) is 6.51. The van der Waals surface area contributed by atoms with Gasteiger partial charge in [0.2, 0.25) is 5.91 Å². The quantitative estimate of drug-likeness (QED) is 0.611. The Hall–Kier alpha value is -3.04. The van der Waals surface area contributed by atoms with Crippen LogP contribution in [0, 0.1) is 0 Å². The normalized spacial score (nSPS) is 16.3. The SMILES string of the molecule is NCc1nc(-c2ccc(NC(=O)C3CCCN3C(=O)c3cccs3)cc2)n[nH]1. The molecule has 1 aliphatic heterocycles. The summed E-state index contributed by atoms with van der Waals surface area (Å²) in [6.07, 6.45) is 1.49. The van der Waals surface area contributed by atoms with Crippen molar-refractivity contribution in [3.05, 3.63) is 52.5 Å². The first-order chi connectivity index (χ1) is 13.7.